The van der Waals surface area contributed by atoms with Crippen LogP contribution in [0.5, 0.6) is 0 Å². The molecule has 0 aliphatic carbocycles. The van der Waals surface area contributed by atoms with Crippen LogP contribution in [0.15, 0.2) is 4.99 Å². The molecule has 0 heterocycles. The van der Waals surface area contributed by atoms with Gasteiger partial charge in [-0.15, -0.1) is 0 Å². The SMILES string of the molecule is CC(C)(C)OC(=O)C(N)CCCCN=C=O. The summed E-state index contributed by atoms with van der Waals surface area (Å²) < 4.78 is 5.13. The number of esters is 1. The van der Waals surface area contributed by atoms with Crippen LogP contribution in [-0.2, 0) is 14.3 Å². The minimum atomic E-state index is -0.598. The summed E-state index contributed by atoms with van der Waals surface area (Å²) in [5.74, 6) is -0.383. The molecule has 0 aliphatic heterocycles. The highest BCUT2D eigenvalue weighted by molar-refractivity contribution is 5.75. The molecule has 0 radical (unpaired) electrons. The maximum atomic E-state index is 11.4. The van der Waals surface area contributed by atoms with E-state index in [0.29, 0.717) is 13.0 Å². The summed E-state index contributed by atoms with van der Waals surface area (Å²) in [6.07, 6.45) is 3.48. The van der Waals surface area contributed by atoms with Crippen molar-refractivity contribution < 1.29 is 14.3 Å². The van der Waals surface area contributed by atoms with Gasteiger partial charge in [-0.25, -0.2) is 9.79 Å². The van der Waals surface area contributed by atoms with Gasteiger partial charge in [0.1, 0.15) is 11.6 Å². The number of nitrogens with zero attached hydrogens (tertiary/aromatic N) is 1. The van der Waals surface area contributed by atoms with Gasteiger partial charge in [-0.1, -0.05) is 0 Å². The van der Waals surface area contributed by atoms with E-state index in [-0.39, 0.29) is 5.97 Å². The Labute approximate surface area is 96.1 Å². The Kier molecular flexibility index (Phi) is 6.61. The normalized spacial score (nSPS) is 12.8. The first kappa shape index (κ1) is 14.8. The average Bonchev–Trinajstić information content (AvgIpc) is 2.14. The fraction of sp³-hybridized carbons (Fsp3) is 0.818. The van der Waals surface area contributed by atoms with Gasteiger partial charge in [0, 0.05) is 0 Å². The summed E-state index contributed by atoms with van der Waals surface area (Å²) in [7, 11) is 0. The van der Waals surface area contributed by atoms with Crippen LogP contribution >= 0.6 is 0 Å². The fourth-order valence-corrected chi connectivity index (χ4v) is 1.10. The molecule has 5 heteroatoms. The van der Waals surface area contributed by atoms with Gasteiger partial charge < -0.3 is 10.5 Å². The molecule has 0 rings (SSSR count). The van der Waals surface area contributed by atoms with E-state index < -0.39 is 11.6 Å². The zero-order chi connectivity index (χ0) is 12.6. The van der Waals surface area contributed by atoms with Crippen molar-refractivity contribution in [2.75, 3.05) is 6.54 Å². The summed E-state index contributed by atoms with van der Waals surface area (Å²) in [4.78, 5) is 24.6. The zero-order valence-corrected chi connectivity index (χ0v) is 10.2. The molecular weight excluding hydrogens is 208 g/mol. The van der Waals surface area contributed by atoms with Crippen LogP contribution in [0.25, 0.3) is 0 Å². The van der Waals surface area contributed by atoms with Crippen molar-refractivity contribution in [2.45, 2.75) is 51.7 Å². The number of carbonyl (C=O) groups excluding carboxylic acids is 2. The number of isocyanates is 1. The molecule has 16 heavy (non-hydrogen) atoms. The van der Waals surface area contributed by atoms with E-state index in [1.54, 1.807) is 20.8 Å². The number of ether oxygens (including phenoxy) is 1. The molecule has 0 aromatic heterocycles. The molecule has 2 N–H and O–H groups in total. The topological polar surface area (TPSA) is 81.8 Å². The molecule has 1 atom stereocenters. The molecule has 0 saturated carbocycles. The van der Waals surface area contributed by atoms with Gasteiger partial charge in [-0.2, -0.15) is 0 Å². The second kappa shape index (κ2) is 7.14. The number of rotatable bonds is 6. The predicted octanol–water partition coefficient (Wildman–Crippen LogP) is 1.16. The Hall–Kier alpha value is -1.19. The molecule has 92 valence electrons. The Balaban J connectivity index is 3.75. The van der Waals surface area contributed by atoms with Gasteiger partial charge in [-0.3, -0.25) is 4.79 Å². The lowest BCUT2D eigenvalue weighted by molar-refractivity contribution is -0.156. The van der Waals surface area contributed by atoms with Crippen molar-refractivity contribution in [3.05, 3.63) is 0 Å². The number of nitrogens with two attached hydrogens (primary N) is 1. The number of carbonyl (C=O) groups is 1. The molecule has 0 aromatic carbocycles. The van der Waals surface area contributed by atoms with E-state index >= 15 is 0 Å². The second-order valence-electron chi connectivity index (χ2n) is 4.61. The van der Waals surface area contributed by atoms with Gasteiger partial charge >= 0.3 is 5.97 Å². The lowest BCUT2D eigenvalue weighted by Gasteiger charge is -2.22. The van der Waals surface area contributed by atoms with Crippen LogP contribution < -0.4 is 5.73 Å². The van der Waals surface area contributed by atoms with Gasteiger partial charge in [-0.05, 0) is 40.0 Å². The van der Waals surface area contributed by atoms with E-state index in [9.17, 15) is 9.59 Å². The fourth-order valence-electron chi connectivity index (χ4n) is 1.10. The lowest BCUT2D eigenvalue weighted by atomic mass is 10.1. The third-order valence-corrected chi connectivity index (χ3v) is 1.81. The molecule has 0 amide bonds. The summed E-state index contributed by atoms with van der Waals surface area (Å²) >= 11 is 0. The standard InChI is InChI=1S/C11H20N2O3/c1-11(2,3)16-10(15)9(12)6-4-5-7-13-8-14/h9H,4-7,12H2,1-3H3. The van der Waals surface area contributed by atoms with Crippen LogP contribution in [-0.4, -0.2) is 30.2 Å². The maximum absolute atomic E-state index is 11.4. The third kappa shape index (κ3) is 8.15. The molecule has 0 aliphatic rings. The van der Waals surface area contributed by atoms with Gasteiger partial charge in [0.2, 0.25) is 6.08 Å². The Morgan fingerprint density at radius 2 is 2.06 bits per heavy atom. The summed E-state index contributed by atoms with van der Waals surface area (Å²) in [6, 6.07) is -0.598. The number of unbranched alkanes of at least 4 members (excludes halogenated alkanes) is 1. The van der Waals surface area contributed by atoms with E-state index in [1.807, 2.05) is 0 Å². The van der Waals surface area contributed by atoms with E-state index in [0.717, 1.165) is 12.8 Å². The quantitative estimate of drug-likeness (QED) is 0.320. The van der Waals surface area contributed by atoms with Crippen molar-refractivity contribution in [3.63, 3.8) is 0 Å². The molecule has 5 nitrogen and oxygen atoms in total. The van der Waals surface area contributed by atoms with Gasteiger partial charge in [0.15, 0.2) is 0 Å². The molecule has 0 saturated heterocycles. The maximum Gasteiger partial charge on any atom is 0.323 e. The zero-order valence-electron chi connectivity index (χ0n) is 10.2. The number of aliphatic imine (C=N–C) groups is 1. The van der Waals surface area contributed by atoms with Gasteiger partial charge in [0.05, 0.1) is 6.54 Å². The highest BCUT2D eigenvalue weighted by Gasteiger charge is 2.21. The Morgan fingerprint density at radius 1 is 1.44 bits per heavy atom. The monoisotopic (exact) mass is 228 g/mol. The molecule has 0 spiro atoms. The first-order valence-corrected chi connectivity index (χ1v) is 5.39. The highest BCUT2D eigenvalue weighted by atomic mass is 16.6. The minimum Gasteiger partial charge on any atom is -0.459 e. The summed E-state index contributed by atoms with van der Waals surface area (Å²) in [5.41, 5.74) is 5.15. The summed E-state index contributed by atoms with van der Waals surface area (Å²) in [5, 5.41) is 0. The van der Waals surface area contributed by atoms with E-state index in [2.05, 4.69) is 4.99 Å². The number of hydrogen-bond acceptors (Lipinski definition) is 5. The predicted molar refractivity (Wildman–Crippen MR) is 60.7 cm³/mol. The third-order valence-electron chi connectivity index (χ3n) is 1.81. The Morgan fingerprint density at radius 3 is 2.56 bits per heavy atom. The van der Waals surface area contributed by atoms with Crippen LogP contribution in [0.1, 0.15) is 40.0 Å². The molecule has 0 aromatic rings. The van der Waals surface area contributed by atoms with E-state index in [1.165, 1.54) is 6.08 Å². The van der Waals surface area contributed by atoms with E-state index in [4.69, 9.17) is 10.5 Å². The van der Waals surface area contributed by atoms with Crippen molar-refractivity contribution in [3.8, 4) is 0 Å². The van der Waals surface area contributed by atoms with Gasteiger partial charge in [0.25, 0.3) is 0 Å². The summed E-state index contributed by atoms with van der Waals surface area (Å²) in [6.45, 7) is 5.84. The van der Waals surface area contributed by atoms with Crippen LogP contribution in [0.2, 0.25) is 0 Å². The van der Waals surface area contributed by atoms with Crippen molar-refractivity contribution in [1.82, 2.24) is 0 Å². The molecule has 1 unspecified atom stereocenters. The van der Waals surface area contributed by atoms with Crippen molar-refractivity contribution >= 4 is 12.0 Å². The lowest BCUT2D eigenvalue weighted by Crippen LogP contribution is -2.37. The first-order chi connectivity index (χ1) is 7.37. The molecule has 0 fully saturated rings. The largest absolute Gasteiger partial charge is 0.459 e. The first-order valence-electron chi connectivity index (χ1n) is 5.39. The molecular formula is C11H20N2O3. The average molecular weight is 228 g/mol. The van der Waals surface area contributed by atoms with Crippen molar-refractivity contribution in [1.29, 1.82) is 0 Å². The van der Waals surface area contributed by atoms with Crippen LogP contribution in [0.3, 0.4) is 0 Å². The van der Waals surface area contributed by atoms with Crippen LogP contribution in [0.4, 0.5) is 0 Å². The Bertz CT molecular complexity index is 265. The minimum absolute atomic E-state index is 0.383. The smallest absolute Gasteiger partial charge is 0.323 e. The highest BCUT2D eigenvalue weighted by Crippen LogP contribution is 2.10. The van der Waals surface area contributed by atoms with Crippen molar-refractivity contribution in [2.24, 2.45) is 10.7 Å². The van der Waals surface area contributed by atoms with Crippen LogP contribution in [0, 0.1) is 0 Å². The molecule has 0 bridgehead atoms. The number of hydrogen-bond donors (Lipinski definition) is 1. The second-order valence-corrected chi connectivity index (χ2v) is 4.61.